The first-order chi connectivity index (χ1) is 15.9. The Morgan fingerprint density at radius 3 is 2.64 bits per heavy atom. The van der Waals surface area contributed by atoms with Crippen LogP contribution >= 0.6 is 22.9 Å². The molecule has 0 saturated heterocycles. The van der Waals surface area contributed by atoms with Crippen LogP contribution in [-0.4, -0.2) is 45.7 Å². The average Bonchev–Trinajstić information content (AvgIpc) is 3.25. The van der Waals surface area contributed by atoms with Crippen LogP contribution in [0.1, 0.15) is 27.5 Å². The van der Waals surface area contributed by atoms with Gasteiger partial charge in [-0.1, -0.05) is 35.1 Å². The van der Waals surface area contributed by atoms with Gasteiger partial charge in [0.15, 0.2) is 5.13 Å². The maximum atomic E-state index is 12.6. The van der Waals surface area contributed by atoms with Crippen LogP contribution in [0.5, 0.6) is 0 Å². The molecule has 2 heterocycles. The zero-order valence-electron chi connectivity index (χ0n) is 18.2. The summed E-state index contributed by atoms with van der Waals surface area (Å²) < 4.78 is 4.62. The van der Waals surface area contributed by atoms with Crippen LogP contribution in [0.2, 0.25) is 5.02 Å². The van der Waals surface area contributed by atoms with E-state index in [0.29, 0.717) is 44.7 Å². The van der Waals surface area contributed by atoms with Gasteiger partial charge >= 0.3 is 5.97 Å². The highest BCUT2D eigenvalue weighted by atomic mass is 35.5. The Kier molecular flexibility index (Phi) is 9.94. The molecule has 6 N–H and O–H groups in total. The topological polar surface area (TPSA) is 164 Å². The summed E-state index contributed by atoms with van der Waals surface area (Å²) in [4.78, 5) is 37.1. The molecule has 0 bridgehead atoms. The summed E-state index contributed by atoms with van der Waals surface area (Å²) in [6.45, 7) is 4.00. The van der Waals surface area contributed by atoms with Gasteiger partial charge in [0.2, 0.25) is 0 Å². The van der Waals surface area contributed by atoms with Crippen LogP contribution in [0.4, 0.5) is 22.5 Å². The molecular weight excluding hydrogens is 470 g/mol. The van der Waals surface area contributed by atoms with E-state index in [4.69, 9.17) is 16.8 Å². The Morgan fingerprint density at radius 2 is 1.94 bits per heavy atom. The van der Waals surface area contributed by atoms with Gasteiger partial charge in [-0.2, -0.15) is 0 Å². The fraction of sp³-hybridized carbons (Fsp3) is 0.250. The van der Waals surface area contributed by atoms with Gasteiger partial charge in [0.05, 0.1) is 30.4 Å². The van der Waals surface area contributed by atoms with Crippen LogP contribution in [0.25, 0.3) is 0 Å². The molecule has 0 atom stereocenters. The summed E-state index contributed by atoms with van der Waals surface area (Å²) in [5.41, 5.74) is 1.44. The number of hydrogen-bond donors (Lipinski definition) is 5. The second-order valence-corrected chi connectivity index (χ2v) is 7.92. The number of carbonyl (C=O) groups is 2. The van der Waals surface area contributed by atoms with E-state index in [-0.39, 0.29) is 18.3 Å². The van der Waals surface area contributed by atoms with Gasteiger partial charge in [-0.25, -0.2) is 20.8 Å². The minimum Gasteiger partial charge on any atom is -0.469 e. The predicted octanol–water partition coefficient (Wildman–Crippen LogP) is 3.51. The molecule has 1 aromatic carbocycles. The minimum absolute atomic E-state index is 0.220. The number of carbonyl (C=O) groups excluding carboxylic acids is 2. The van der Waals surface area contributed by atoms with E-state index >= 15 is 0 Å². The van der Waals surface area contributed by atoms with Gasteiger partial charge in [0.25, 0.3) is 5.91 Å². The maximum Gasteiger partial charge on any atom is 0.307 e. The summed E-state index contributed by atoms with van der Waals surface area (Å²) in [5.74, 6) is 4.50. The van der Waals surface area contributed by atoms with Crippen molar-refractivity contribution in [3.63, 3.8) is 0 Å². The molecule has 0 radical (unpaired) electrons. The first kappa shape index (κ1) is 25.9. The van der Waals surface area contributed by atoms with Crippen LogP contribution in [0, 0.1) is 13.8 Å². The molecule has 3 rings (SSSR count). The number of benzene rings is 1. The summed E-state index contributed by atoms with van der Waals surface area (Å²) in [6.07, 6.45) is 1.70. The number of para-hydroxylation sites is 1. The number of anilines is 4. The molecule has 0 unspecified atom stereocenters. The van der Waals surface area contributed by atoms with Crippen molar-refractivity contribution in [1.82, 2.24) is 15.0 Å². The minimum atomic E-state index is -0.308. The predicted molar refractivity (Wildman–Crippen MR) is 127 cm³/mol. The number of rotatable bonds is 8. The lowest BCUT2D eigenvalue weighted by Gasteiger charge is -2.09. The molecule has 1 amide bonds. The fourth-order valence-corrected chi connectivity index (χ4v) is 3.62. The Morgan fingerprint density at radius 1 is 1.21 bits per heavy atom. The molecule has 0 saturated carbocycles. The Hall–Kier alpha value is -3.32. The second-order valence-electron chi connectivity index (χ2n) is 6.48. The lowest BCUT2D eigenvalue weighted by atomic mass is 10.2. The summed E-state index contributed by atoms with van der Waals surface area (Å²) in [6, 6.07) is 7.11. The van der Waals surface area contributed by atoms with E-state index in [1.165, 1.54) is 24.6 Å². The zero-order valence-corrected chi connectivity index (χ0v) is 19.8. The molecule has 0 aliphatic carbocycles. The lowest BCUT2D eigenvalue weighted by Crippen LogP contribution is -2.11. The first-order valence-corrected chi connectivity index (χ1v) is 10.8. The van der Waals surface area contributed by atoms with Crippen molar-refractivity contribution in [2.45, 2.75) is 20.3 Å². The smallest absolute Gasteiger partial charge is 0.307 e. The molecule has 0 spiro atoms. The number of aryl methyl sites for hydroxylation is 2. The summed E-state index contributed by atoms with van der Waals surface area (Å²) in [7, 11) is 1.34. The van der Waals surface area contributed by atoms with Gasteiger partial charge in [0.1, 0.15) is 22.3 Å². The number of aromatic nitrogens is 3. The molecule has 3 aromatic rings. The van der Waals surface area contributed by atoms with Crippen LogP contribution in [0.15, 0.2) is 30.5 Å². The standard InChI is InChI=1S/C20H21ClN6O3S.H3NO/c1-11-5-4-6-13(21)18(11)27-19(29)14-10-23-20(31-14)26-16-9-15(24-12(2)25-16)22-8-7-17(28)30-3;1-2/h4-6,9-10H,7-8H2,1-3H3,(H,27,29)(H2,22,23,24,25,26);2H,1H2. The Balaban J connectivity index is 0.00000187. The molecule has 11 nitrogen and oxygen atoms in total. The van der Waals surface area contributed by atoms with Crippen LogP contribution in [-0.2, 0) is 9.53 Å². The number of methoxy groups -OCH3 is 1. The molecule has 0 fully saturated rings. The molecular formula is C20H24ClN7O4S. The molecule has 176 valence electrons. The third-order valence-electron chi connectivity index (χ3n) is 4.13. The van der Waals surface area contributed by atoms with Crippen molar-refractivity contribution in [3.05, 3.63) is 51.7 Å². The highest BCUT2D eigenvalue weighted by Gasteiger charge is 2.14. The number of nitrogens with one attached hydrogen (secondary N) is 3. The van der Waals surface area contributed by atoms with Crippen molar-refractivity contribution in [2.75, 3.05) is 29.6 Å². The summed E-state index contributed by atoms with van der Waals surface area (Å²) in [5, 5.41) is 16.4. The number of nitrogens with zero attached hydrogens (tertiary/aromatic N) is 3. The quantitative estimate of drug-likeness (QED) is 0.231. The molecule has 13 heteroatoms. The third-order valence-corrected chi connectivity index (χ3v) is 5.35. The Labute approximate surface area is 199 Å². The number of ether oxygens (including phenoxy) is 1. The van der Waals surface area contributed by atoms with Gasteiger partial charge in [-0.15, -0.1) is 0 Å². The molecule has 2 aromatic heterocycles. The number of nitrogens with two attached hydrogens (primary N) is 1. The van der Waals surface area contributed by atoms with Gasteiger partial charge < -0.3 is 25.9 Å². The zero-order chi connectivity index (χ0) is 24.4. The number of amides is 1. The SMILES string of the molecule is COC(=O)CCNc1cc(Nc2ncc(C(=O)Nc3c(C)cccc3Cl)s2)nc(C)n1.NO. The van der Waals surface area contributed by atoms with Crippen molar-refractivity contribution < 1.29 is 19.5 Å². The van der Waals surface area contributed by atoms with Crippen molar-refractivity contribution in [1.29, 1.82) is 0 Å². The van der Waals surface area contributed by atoms with Gasteiger partial charge in [0, 0.05) is 12.6 Å². The normalized spacial score (nSPS) is 10.0. The van der Waals surface area contributed by atoms with Crippen molar-refractivity contribution in [2.24, 2.45) is 5.90 Å². The lowest BCUT2D eigenvalue weighted by molar-refractivity contribution is -0.140. The number of esters is 1. The summed E-state index contributed by atoms with van der Waals surface area (Å²) >= 11 is 7.36. The number of halogens is 1. The van der Waals surface area contributed by atoms with Crippen molar-refractivity contribution in [3.8, 4) is 0 Å². The van der Waals surface area contributed by atoms with Gasteiger partial charge in [-0.3, -0.25) is 9.59 Å². The molecule has 0 aliphatic heterocycles. The second kappa shape index (κ2) is 12.6. The third kappa shape index (κ3) is 7.64. The molecule has 0 aliphatic rings. The van der Waals surface area contributed by atoms with Crippen molar-refractivity contribution >= 4 is 57.3 Å². The number of hydrogen-bond acceptors (Lipinski definition) is 11. The Bertz CT molecular complexity index is 1090. The van der Waals surface area contributed by atoms with E-state index in [1.54, 1.807) is 19.1 Å². The first-order valence-electron chi connectivity index (χ1n) is 9.57. The highest BCUT2D eigenvalue weighted by molar-refractivity contribution is 7.17. The highest BCUT2D eigenvalue weighted by Crippen LogP contribution is 2.28. The van der Waals surface area contributed by atoms with E-state index in [1.807, 2.05) is 19.1 Å². The largest absolute Gasteiger partial charge is 0.469 e. The maximum absolute atomic E-state index is 12.6. The van der Waals surface area contributed by atoms with E-state index in [2.05, 4.69) is 41.5 Å². The fourth-order valence-electron chi connectivity index (χ4n) is 2.63. The average molecular weight is 494 g/mol. The van der Waals surface area contributed by atoms with E-state index in [0.717, 1.165) is 5.56 Å². The monoisotopic (exact) mass is 493 g/mol. The number of thiazole rings is 1. The van der Waals surface area contributed by atoms with E-state index in [9.17, 15) is 9.59 Å². The van der Waals surface area contributed by atoms with E-state index < -0.39 is 0 Å². The molecule has 33 heavy (non-hydrogen) atoms. The van der Waals surface area contributed by atoms with Crippen LogP contribution in [0.3, 0.4) is 0 Å². The van der Waals surface area contributed by atoms with Crippen LogP contribution < -0.4 is 21.8 Å². The van der Waals surface area contributed by atoms with Gasteiger partial charge in [-0.05, 0) is 25.5 Å².